The first-order valence-electron chi connectivity index (χ1n) is 9.16. The van der Waals surface area contributed by atoms with Crippen molar-refractivity contribution in [1.29, 1.82) is 0 Å². The van der Waals surface area contributed by atoms with Crippen molar-refractivity contribution in [2.24, 2.45) is 16.5 Å². The monoisotopic (exact) mass is 465 g/mol. The number of guanidine groups is 1. The van der Waals surface area contributed by atoms with E-state index in [1.807, 2.05) is 0 Å². The van der Waals surface area contributed by atoms with Crippen LogP contribution in [0.25, 0.3) is 6.08 Å². The Bertz CT molecular complexity index is 1080. The van der Waals surface area contributed by atoms with E-state index >= 15 is 0 Å². The van der Waals surface area contributed by atoms with Crippen LogP contribution in [-0.2, 0) is 15.8 Å². The molecule has 0 aliphatic heterocycles. The summed E-state index contributed by atoms with van der Waals surface area (Å²) >= 11 is 0. The number of ether oxygens (including phenoxy) is 1. The van der Waals surface area contributed by atoms with Gasteiger partial charge in [0, 0.05) is 12.1 Å². The third-order valence-electron chi connectivity index (χ3n) is 3.75. The standard InChI is InChI=1S/C20H21F2N5O4S/c1-3-25-20(29)27-32(30)14-6-4-13(5-7-14)31-17-15(21)9-12(10-16(17)22)8-11(2)18(28)26-19(23)24/h4-10H,3H2,1-2H3,(H2,25,27,29)(H4,23,24,26,28)/b11-8+. The molecule has 1 unspecified atom stereocenters. The number of amides is 3. The number of carbonyl (C=O) groups excluding carboxylic acids is 2. The Balaban J connectivity index is 2.16. The van der Waals surface area contributed by atoms with Crippen LogP contribution in [0.5, 0.6) is 11.5 Å². The predicted octanol–water partition coefficient (Wildman–Crippen LogP) is 2.30. The maximum atomic E-state index is 14.4. The first-order chi connectivity index (χ1) is 15.1. The summed E-state index contributed by atoms with van der Waals surface area (Å²) in [6.07, 6.45) is 1.22. The highest BCUT2D eigenvalue weighted by molar-refractivity contribution is 7.83. The molecule has 2 aromatic carbocycles. The molecule has 2 aromatic rings. The average molecular weight is 465 g/mol. The van der Waals surface area contributed by atoms with Gasteiger partial charge in [0.25, 0.3) is 5.91 Å². The van der Waals surface area contributed by atoms with E-state index in [0.29, 0.717) is 6.54 Å². The lowest BCUT2D eigenvalue weighted by Crippen LogP contribution is -2.36. The van der Waals surface area contributed by atoms with Crippen LogP contribution in [0.15, 0.2) is 51.9 Å². The lowest BCUT2D eigenvalue weighted by Gasteiger charge is -2.10. The van der Waals surface area contributed by atoms with Crippen LogP contribution in [-0.4, -0.2) is 28.7 Å². The Morgan fingerprint density at radius 3 is 2.28 bits per heavy atom. The van der Waals surface area contributed by atoms with Gasteiger partial charge in [-0.05, 0) is 61.9 Å². The van der Waals surface area contributed by atoms with Crippen molar-refractivity contribution < 1.29 is 27.3 Å². The van der Waals surface area contributed by atoms with Gasteiger partial charge in [0.15, 0.2) is 34.3 Å². The minimum Gasteiger partial charge on any atom is -0.451 e. The second-order valence-corrected chi connectivity index (χ2v) is 7.50. The number of benzene rings is 2. The third kappa shape index (κ3) is 6.87. The van der Waals surface area contributed by atoms with Crippen LogP contribution in [0.3, 0.4) is 0 Å². The highest BCUT2D eigenvalue weighted by Crippen LogP contribution is 2.29. The molecule has 0 saturated heterocycles. The average Bonchev–Trinajstić information content (AvgIpc) is 2.70. The quantitative estimate of drug-likeness (QED) is 0.280. The third-order valence-corrected chi connectivity index (χ3v) is 4.82. The number of urea groups is 1. The van der Waals surface area contributed by atoms with Crippen LogP contribution in [0.1, 0.15) is 19.4 Å². The molecule has 3 amide bonds. The fraction of sp³-hybridized carbons (Fsp3) is 0.150. The van der Waals surface area contributed by atoms with E-state index in [4.69, 9.17) is 16.2 Å². The van der Waals surface area contributed by atoms with Crippen LogP contribution < -0.4 is 26.2 Å². The van der Waals surface area contributed by atoms with Gasteiger partial charge in [-0.25, -0.2) is 17.8 Å². The van der Waals surface area contributed by atoms with Crippen LogP contribution in [0, 0.1) is 11.6 Å². The lowest BCUT2D eigenvalue weighted by atomic mass is 10.1. The number of rotatable bonds is 7. The summed E-state index contributed by atoms with van der Waals surface area (Å²) in [5.74, 6) is -3.79. The molecule has 2 rings (SSSR count). The van der Waals surface area contributed by atoms with Crippen LogP contribution in [0.4, 0.5) is 13.6 Å². The maximum Gasteiger partial charge on any atom is 0.326 e. The summed E-state index contributed by atoms with van der Waals surface area (Å²) in [5.41, 5.74) is 10.4. The Kier molecular flexibility index (Phi) is 8.41. The molecular formula is C20H21F2N5O4S. The molecule has 0 aromatic heterocycles. The molecule has 12 heteroatoms. The van der Waals surface area contributed by atoms with Gasteiger partial charge < -0.3 is 21.5 Å². The predicted molar refractivity (Wildman–Crippen MR) is 116 cm³/mol. The molecule has 9 nitrogen and oxygen atoms in total. The fourth-order valence-corrected chi connectivity index (χ4v) is 3.11. The maximum absolute atomic E-state index is 14.4. The molecular weight excluding hydrogens is 444 g/mol. The number of aliphatic imine (C=N–C) groups is 1. The minimum atomic E-state index is -1.82. The molecule has 32 heavy (non-hydrogen) atoms. The van der Waals surface area contributed by atoms with E-state index in [1.54, 1.807) is 6.92 Å². The van der Waals surface area contributed by atoms with Gasteiger partial charge in [0.1, 0.15) is 5.75 Å². The van der Waals surface area contributed by atoms with Gasteiger partial charge in [-0.15, -0.1) is 0 Å². The molecule has 0 aliphatic rings. The molecule has 0 radical (unpaired) electrons. The molecule has 0 fully saturated rings. The molecule has 0 bridgehead atoms. The van der Waals surface area contributed by atoms with E-state index in [1.165, 1.54) is 37.3 Å². The number of carbonyl (C=O) groups is 2. The Morgan fingerprint density at radius 1 is 1.16 bits per heavy atom. The number of halogens is 2. The van der Waals surface area contributed by atoms with Crippen molar-refractivity contribution in [3.05, 3.63) is 59.2 Å². The van der Waals surface area contributed by atoms with Crippen molar-refractivity contribution in [1.82, 2.24) is 10.0 Å². The Morgan fingerprint density at radius 2 is 1.75 bits per heavy atom. The summed E-state index contributed by atoms with van der Waals surface area (Å²) in [6, 6.07) is 6.80. The van der Waals surface area contributed by atoms with Crippen molar-refractivity contribution in [2.45, 2.75) is 18.7 Å². The van der Waals surface area contributed by atoms with Gasteiger partial charge >= 0.3 is 6.03 Å². The summed E-state index contributed by atoms with van der Waals surface area (Å²) in [7, 11) is -1.82. The largest absolute Gasteiger partial charge is 0.451 e. The van der Waals surface area contributed by atoms with E-state index in [-0.39, 0.29) is 21.8 Å². The molecule has 0 spiro atoms. The first-order valence-corrected chi connectivity index (χ1v) is 10.3. The van der Waals surface area contributed by atoms with Gasteiger partial charge in [-0.2, -0.15) is 4.99 Å². The number of hydrogen-bond acceptors (Lipinski definition) is 4. The fourth-order valence-electron chi connectivity index (χ4n) is 2.37. The zero-order valence-corrected chi connectivity index (χ0v) is 18.0. The van der Waals surface area contributed by atoms with Gasteiger partial charge in [0.05, 0.1) is 4.90 Å². The Hall–Kier alpha value is -3.80. The van der Waals surface area contributed by atoms with Gasteiger partial charge in [-0.3, -0.25) is 9.52 Å². The second kappa shape index (κ2) is 11.0. The summed E-state index contributed by atoms with van der Waals surface area (Å²) in [5, 5.41) is 2.44. The van der Waals surface area contributed by atoms with Crippen molar-refractivity contribution >= 4 is 35.0 Å². The molecule has 0 aliphatic carbocycles. The summed E-state index contributed by atoms with van der Waals surface area (Å²) in [4.78, 5) is 26.7. The lowest BCUT2D eigenvalue weighted by molar-refractivity contribution is -0.114. The zero-order chi connectivity index (χ0) is 23.8. The zero-order valence-electron chi connectivity index (χ0n) is 17.1. The first kappa shape index (κ1) is 24.5. The topological polar surface area (TPSA) is 149 Å². The van der Waals surface area contributed by atoms with E-state index in [2.05, 4.69) is 15.0 Å². The smallest absolute Gasteiger partial charge is 0.326 e. The summed E-state index contributed by atoms with van der Waals surface area (Å²) in [6.45, 7) is 3.47. The Labute approximate surface area is 185 Å². The number of nitrogens with zero attached hydrogens (tertiary/aromatic N) is 1. The van der Waals surface area contributed by atoms with Crippen molar-refractivity contribution in [3.8, 4) is 11.5 Å². The molecule has 6 N–H and O–H groups in total. The second-order valence-electron chi connectivity index (χ2n) is 6.29. The van der Waals surface area contributed by atoms with E-state index < -0.39 is 46.3 Å². The SMILES string of the molecule is CCNC(=O)NS(=O)c1ccc(Oc2c(F)cc(/C=C(\C)C(=O)N=C(N)N)cc2F)cc1. The van der Waals surface area contributed by atoms with Gasteiger partial charge in [-0.1, -0.05) is 0 Å². The highest BCUT2D eigenvalue weighted by atomic mass is 32.2. The molecule has 0 heterocycles. The van der Waals surface area contributed by atoms with E-state index in [0.717, 1.165) is 12.1 Å². The van der Waals surface area contributed by atoms with Crippen LogP contribution in [0.2, 0.25) is 0 Å². The normalized spacial score (nSPS) is 11.9. The number of hydrogen-bond donors (Lipinski definition) is 4. The number of nitrogens with two attached hydrogens (primary N) is 2. The molecule has 0 saturated carbocycles. The summed E-state index contributed by atoms with van der Waals surface area (Å²) < 4.78 is 48.4. The minimum absolute atomic E-state index is 0.0613. The van der Waals surface area contributed by atoms with Crippen LogP contribution >= 0.6 is 0 Å². The number of nitrogens with one attached hydrogen (secondary N) is 2. The van der Waals surface area contributed by atoms with E-state index in [9.17, 15) is 22.6 Å². The molecule has 170 valence electrons. The van der Waals surface area contributed by atoms with Crippen molar-refractivity contribution in [2.75, 3.05) is 6.54 Å². The van der Waals surface area contributed by atoms with Gasteiger partial charge in [0.2, 0.25) is 0 Å². The van der Waals surface area contributed by atoms with Crippen molar-refractivity contribution in [3.63, 3.8) is 0 Å². The molecule has 1 atom stereocenters. The highest BCUT2D eigenvalue weighted by Gasteiger charge is 2.15.